The zero-order valence-electron chi connectivity index (χ0n) is 12.9. The van der Waals surface area contributed by atoms with Gasteiger partial charge < -0.3 is 10.1 Å². The van der Waals surface area contributed by atoms with Gasteiger partial charge in [-0.25, -0.2) is 13.8 Å². The number of aromatic nitrogens is 2. The van der Waals surface area contributed by atoms with Crippen LogP contribution in [0.25, 0.3) is 16.7 Å². The van der Waals surface area contributed by atoms with E-state index in [1.807, 2.05) is 0 Å². The van der Waals surface area contributed by atoms with Crippen molar-refractivity contribution in [3.8, 4) is 5.69 Å². The Morgan fingerprint density at radius 1 is 1.25 bits per heavy atom. The second-order valence-electron chi connectivity index (χ2n) is 5.16. The predicted molar refractivity (Wildman–Crippen MR) is 85.2 cm³/mol. The number of nitrogens with one attached hydrogen (secondary N) is 1. The Bertz CT molecular complexity index is 893. The average molecular weight is 331 g/mol. The summed E-state index contributed by atoms with van der Waals surface area (Å²) >= 11 is 0. The fourth-order valence-electron chi connectivity index (χ4n) is 2.39. The lowest BCUT2D eigenvalue weighted by Gasteiger charge is -2.07. The smallest absolute Gasteiger partial charge is 0.251 e. The lowest BCUT2D eigenvalue weighted by Crippen LogP contribution is -2.26. The monoisotopic (exact) mass is 331 g/mol. The van der Waals surface area contributed by atoms with E-state index in [1.54, 1.807) is 25.3 Å². The molecule has 0 saturated carbocycles. The lowest BCUT2D eigenvalue weighted by atomic mass is 10.2. The van der Waals surface area contributed by atoms with Crippen LogP contribution < -0.4 is 5.32 Å². The molecule has 0 aliphatic rings. The van der Waals surface area contributed by atoms with Gasteiger partial charge in [0.25, 0.3) is 5.91 Å². The minimum absolute atomic E-state index is 0.191. The van der Waals surface area contributed by atoms with Crippen LogP contribution in [-0.4, -0.2) is 35.7 Å². The zero-order chi connectivity index (χ0) is 17.1. The van der Waals surface area contributed by atoms with Crippen molar-refractivity contribution in [2.75, 3.05) is 20.3 Å². The van der Waals surface area contributed by atoms with Gasteiger partial charge in [0, 0.05) is 25.3 Å². The number of methoxy groups -OCH3 is 1. The molecule has 0 bridgehead atoms. The van der Waals surface area contributed by atoms with Gasteiger partial charge in [0.05, 0.1) is 23.3 Å². The first kappa shape index (κ1) is 16.1. The fourth-order valence-corrected chi connectivity index (χ4v) is 2.39. The Hall–Kier alpha value is -2.80. The van der Waals surface area contributed by atoms with E-state index in [0.717, 1.165) is 6.07 Å². The van der Waals surface area contributed by atoms with Crippen LogP contribution in [0, 0.1) is 11.6 Å². The van der Waals surface area contributed by atoms with E-state index >= 15 is 0 Å². The summed E-state index contributed by atoms with van der Waals surface area (Å²) in [5.41, 5.74) is 1.80. The summed E-state index contributed by atoms with van der Waals surface area (Å²) < 4.78 is 33.4. The quantitative estimate of drug-likeness (QED) is 0.731. The van der Waals surface area contributed by atoms with Gasteiger partial charge in [-0.3, -0.25) is 9.36 Å². The Morgan fingerprint density at radius 2 is 2.08 bits per heavy atom. The molecule has 1 amide bonds. The third kappa shape index (κ3) is 3.11. The predicted octanol–water partition coefficient (Wildman–Crippen LogP) is 2.68. The van der Waals surface area contributed by atoms with Crippen molar-refractivity contribution in [3.63, 3.8) is 0 Å². The van der Waals surface area contributed by atoms with Crippen LogP contribution in [0.1, 0.15) is 10.4 Å². The number of benzene rings is 2. The molecule has 24 heavy (non-hydrogen) atoms. The fraction of sp³-hybridized carbons (Fsp3) is 0.176. The number of nitrogens with zero attached hydrogens (tertiary/aromatic N) is 2. The molecule has 5 nitrogen and oxygen atoms in total. The zero-order valence-corrected chi connectivity index (χ0v) is 12.9. The maximum Gasteiger partial charge on any atom is 0.251 e. The van der Waals surface area contributed by atoms with Crippen LogP contribution in [0.4, 0.5) is 8.78 Å². The number of ether oxygens (including phenoxy) is 1. The van der Waals surface area contributed by atoms with Crippen LogP contribution in [0.15, 0.2) is 42.7 Å². The molecule has 0 saturated heterocycles. The highest BCUT2D eigenvalue weighted by Gasteiger charge is 2.12. The van der Waals surface area contributed by atoms with Gasteiger partial charge in [-0.05, 0) is 30.3 Å². The van der Waals surface area contributed by atoms with Gasteiger partial charge in [0.2, 0.25) is 0 Å². The number of imidazole rings is 1. The van der Waals surface area contributed by atoms with E-state index < -0.39 is 11.6 Å². The van der Waals surface area contributed by atoms with Gasteiger partial charge in [-0.1, -0.05) is 0 Å². The summed E-state index contributed by atoms with van der Waals surface area (Å²) in [5.74, 6) is -1.57. The topological polar surface area (TPSA) is 56.1 Å². The van der Waals surface area contributed by atoms with E-state index in [0.29, 0.717) is 29.7 Å². The number of halogens is 2. The van der Waals surface area contributed by atoms with Crippen LogP contribution in [-0.2, 0) is 4.74 Å². The third-order valence-corrected chi connectivity index (χ3v) is 3.57. The molecule has 0 spiro atoms. The van der Waals surface area contributed by atoms with Crippen molar-refractivity contribution >= 4 is 16.9 Å². The standard InChI is InChI=1S/C17H15F2N3O2/c1-24-7-6-20-17(23)11-2-4-16-14(8-11)21-10-22(16)15-5-3-12(18)9-13(15)19/h2-5,8-10H,6-7H2,1H3,(H,20,23). The van der Waals surface area contributed by atoms with E-state index in [-0.39, 0.29) is 11.6 Å². The maximum absolute atomic E-state index is 14.0. The number of hydrogen-bond donors (Lipinski definition) is 1. The van der Waals surface area contributed by atoms with Crippen LogP contribution in [0.3, 0.4) is 0 Å². The molecule has 0 unspecified atom stereocenters. The van der Waals surface area contributed by atoms with Crippen molar-refractivity contribution in [3.05, 3.63) is 59.9 Å². The van der Waals surface area contributed by atoms with E-state index in [2.05, 4.69) is 10.3 Å². The summed E-state index contributed by atoms with van der Waals surface area (Å²) in [4.78, 5) is 16.2. The minimum atomic E-state index is -0.685. The van der Waals surface area contributed by atoms with E-state index in [1.165, 1.54) is 23.0 Å². The summed E-state index contributed by atoms with van der Waals surface area (Å²) in [7, 11) is 1.55. The highest BCUT2D eigenvalue weighted by atomic mass is 19.1. The highest BCUT2D eigenvalue weighted by molar-refractivity contribution is 5.97. The van der Waals surface area contributed by atoms with Gasteiger partial charge in [-0.2, -0.15) is 0 Å². The van der Waals surface area contributed by atoms with Crippen molar-refractivity contribution in [1.29, 1.82) is 0 Å². The molecular weight excluding hydrogens is 316 g/mol. The van der Waals surface area contributed by atoms with E-state index in [4.69, 9.17) is 4.74 Å². The summed E-state index contributed by atoms with van der Waals surface area (Å²) in [5, 5.41) is 2.72. The molecule has 0 atom stereocenters. The van der Waals surface area contributed by atoms with Crippen molar-refractivity contribution in [2.24, 2.45) is 0 Å². The first-order chi connectivity index (χ1) is 11.6. The molecular formula is C17H15F2N3O2. The maximum atomic E-state index is 14.0. The summed E-state index contributed by atoms with van der Waals surface area (Å²) in [6.07, 6.45) is 1.44. The van der Waals surface area contributed by atoms with Gasteiger partial charge >= 0.3 is 0 Å². The molecule has 0 radical (unpaired) electrons. The molecule has 124 valence electrons. The molecule has 1 heterocycles. The van der Waals surface area contributed by atoms with Crippen LogP contribution in [0.2, 0.25) is 0 Å². The highest BCUT2D eigenvalue weighted by Crippen LogP contribution is 2.22. The molecule has 1 N–H and O–H groups in total. The number of carbonyl (C=O) groups excluding carboxylic acids is 1. The van der Waals surface area contributed by atoms with Crippen molar-refractivity contribution in [1.82, 2.24) is 14.9 Å². The second-order valence-corrected chi connectivity index (χ2v) is 5.16. The first-order valence-corrected chi connectivity index (χ1v) is 7.30. The summed E-state index contributed by atoms with van der Waals surface area (Å²) in [6, 6.07) is 8.27. The number of fused-ring (bicyclic) bond motifs is 1. The molecule has 0 aliphatic heterocycles. The van der Waals surface area contributed by atoms with Gasteiger partial charge in [0.1, 0.15) is 18.0 Å². The van der Waals surface area contributed by atoms with Crippen molar-refractivity contribution in [2.45, 2.75) is 0 Å². The minimum Gasteiger partial charge on any atom is -0.383 e. The lowest BCUT2D eigenvalue weighted by molar-refractivity contribution is 0.0937. The third-order valence-electron chi connectivity index (χ3n) is 3.57. The Kier molecular flexibility index (Phi) is 4.52. The number of amides is 1. The molecule has 1 aromatic heterocycles. The van der Waals surface area contributed by atoms with Gasteiger partial charge in [0.15, 0.2) is 0 Å². The van der Waals surface area contributed by atoms with E-state index in [9.17, 15) is 13.6 Å². The molecule has 7 heteroatoms. The molecule has 3 aromatic rings. The number of rotatable bonds is 5. The second kappa shape index (κ2) is 6.76. The molecule has 0 fully saturated rings. The first-order valence-electron chi connectivity index (χ1n) is 7.30. The SMILES string of the molecule is COCCNC(=O)c1ccc2c(c1)ncn2-c1ccc(F)cc1F. The number of hydrogen-bond acceptors (Lipinski definition) is 3. The Labute approximate surface area is 136 Å². The molecule has 2 aromatic carbocycles. The number of carbonyl (C=O) groups is 1. The van der Waals surface area contributed by atoms with Crippen LogP contribution >= 0.6 is 0 Å². The molecule has 3 rings (SSSR count). The normalized spacial score (nSPS) is 11.0. The molecule has 0 aliphatic carbocycles. The largest absolute Gasteiger partial charge is 0.383 e. The van der Waals surface area contributed by atoms with Gasteiger partial charge in [-0.15, -0.1) is 0 Å². The van der Waals surface area contributed by atoms with Crippen LogP contribution in [0.5, 0.6) is 0 Å². The van der Waals surface area contributed by atoms with Crippen molar-refractivity contribution < 1.29 is 18.3 Å². The Balaban J connectivity index is 1.92. The Morgan fingerprint density at radius 3 is 2.83 bits per heavy atom. The summed E-state index contributed by atoms with van der Waals surface area (Å²) in [6.45, 7) is 0.828. The average Bonchev–Trinajstić information content (AvgIpc) is 2.98.